The van der Waals surface area contributed by atoms with Gasteiger partial charge in [-0.2, -0.15) is 0 Å². The largest absolute Gasteiger partial charge is 0.489 e. The van der Waals surface area contributed by atoms with E-state index in [1.54, 1.807) is 17.0 Å². The molecule has 8 heteroatoms. The topological polar surface area (TPSA) is 85.5 Å². The molecule has 6 rings (SSSR count). The van der Waals surface area contributed by atoms with Crippen molar-refractivity contribution in [2.75, 3.05) is 4.90 Å². The fraction of sp³-hybridized carbons (Fsp3) is 0.226. The van der Waals surface area contributed by atoms with Gasteiger partial charge in [-0.15, -0.1) is 10.2 Å². The third-order valence-corrected chi connectivity index (χ3v) is 7.64. The minimum absolute atomic E-state index is 0.0394. The Balaban J connectivity index is 1.47. The van der Waals surface area contributed by atoms with Gasteiger partial charge in [0, 0.05) is 6.42 Å². The molecule has 0 saturated carbocycles. The van der Waals surface area contributed by atoms with E-state index in [0.29, 0.717) is 39.9 Å². The van der Waals surface area contributed by atoms with Crippen molar-refractivity contribution >= 4 is 33.3 Å². The average molecular weight is 538 g/mol. The summed E-state index contributed by atoms with van der Waals surface area (Å²) in [5, 5.41) is 10.4. The number of hydrogen-bond donors (Lipinski definition) is 0. The lowest BCUT2D eigenvalue weighted by Crippen LogP contribution is -2.29. The summed E-state index contributed by atoms with van der Waals surface area (Å²) in [6, 6.07) is 22.1. The molecule has 1 aliphatic heterocycles. The molecule has 0 N–H and O–H groups in total. The molecule has 0 bridgehead atoms. The first-order valence-corrected chi connectivity index (χ1v) is 13.7. The molecule has 0 saturated heterocycles. The van der Waals surface area contributed by atoms with Gasteiger partial charge < -0.3 is 9.15 Å². The zero-order valence-electron chi connectivity index (χ0n) is 21.9. The summed E-state index contributed by atoms with van der Waals surface area (Å²) < 4.78 is 12.2. The van der Waals surface area contributed by atoms with E-state index in [1.165, 1.54) is 11.3 Å². The summed E-state index contributed by atoms with van der Waals surface area (Å²) in [7, 11) is 0. The molecule has 39 heavy (non-hydrogen) atoms. The molecule has 2 aromatic heterocycles. The number of aryl methyl sites for hydroxylation is 1. The van der Waals surface area contributed by atoms with Crippen LogP contribution in [-0.4, -0.2) is 16.1 Å². The van der Waals surface area contributed by atoms with Crippen LogP contribution < -0.4 is 15.1 Å². The molecular formula is C31H27N3O4S. The Labute approximate surface area is 229 Å². The molecule has 0 fully saturated rings. The predicted molar refractivity (Wildman–Crippen MR) is 152 cm³/mol. The summed E-state index contributed by atoms with van der Waals surface area (Å²) in [6.45, 7) is 6.54. The van der Waals surface area contributed by atoms with E-state index in [9.17, 15) is 9.59 Å². The van der Waals surface area contributed by atoms with Crippen molar-refractivity contribution in [2.24, 2.45) is 5.92 Å². The molecule has 196 valence electrons. The highest BCUT2D eigenvalue weighted by molar-refractivity contribution is 7.15. The van der Waals surface area contributed by atoms with Gasteiger partial charge in [0.1, 0.15) is 22.9 Å². The summed E-state index contributed by atoms with van der Waals surface area (Å²) in [5.74, 6) is 0.661. The molecule has 7 nitrogen and oxygen atoms in total. The minimum atomic E-state index is -0.728. The van der Waals surface area contributed by atoms with E-state index in [4.69, 9.17) is 9.15 Å². The second kappa shape index (κ2) is 10.1. The van der Waals surface area contributed by atoms with E-state index >= 15 is 0 Å². The van der Waals surface area contributed by atoms with Crippen LogP contribution in [0.3, 0.4) is 0 Å². The Bertz CT molecular complexity index is 1740. The fourth-order valence-electron chi connectivity index (χ4n) is 4.89. The van der Waals surface area contributed by atoms with E-state index in [2.05, 4.69) is 24.0 Å². The van der Waals surface area contributed by atoms with Crippen molar-refractivity contribution in [3.05, 3.63) is 116 Å². The smallest absolute Gasteiger partial charge is 0.297 e. The van der Waals surface area contributed by atoms with Crippen molar-refractivity contribution in [1.29, 1.82) is 0 Å². The van der Waals surface area contributed by atoms with Gasteiger partial charge in [-0.1, -0.05) is 79.3 Å². The first-order valence-electron chi connectivity index (χ1n) is 12.9. The van der Waals surface area contributed by atoms with Gasteiger partial charge in [-0.25, -0.2) is 0 Å². The molecule has 1 unspecified atom stereocenters. The Morgan fingerprint density at radius 2 is 1.82 bits per heavy atom. The third kappa shape index (κ3) is 4.72. The van der Waals surface area contributed by atoms with Gasteiger partial charge in [0.2, 0.25) is 10.9 Å². The van der Waals surface area contributed by atoms with Crippen molar-refractivity contribution in [3.8, 4) is 5.75 Å². The lowest BCUT2D eigenvalue weighted by atomic mass is 9.98. The molecule has 1 aliphatic rings. The molecule has 1 amide bonds. The Kier molecular flexibility index (Phi) is 6.48. The maximum absolute atomic E-state index is 13.9. The van der Waals surface area contributed by atoms with Gasteiger partial charge >= 0.3 is 0 Å². The van der Waals surface area contributed by atoms with Crippen LogP contribution in [0.2, 0.25) is 0 Å². The molecular weight excluding hydrogens is 510 g/mol. The van der Waals surface area contributed by atoms with Crippen LogP contribution in [-0.2, 0) is 13.0 Å². The number of rotatable bonds is 7. The zero-order chi connectivity index (χ0) is 27.1. The number of fused-ring (bicyclic) bond motifs is 2. The van der Waals surface area contributed by atoms with Crippen molar-refractivity contribution in [1.82, 2.24) is 10.2 Å². The van der Waals surface area contributed by atoms with Gasteiger partial charge in [-0.05, 0) is 48.2 Å². The predicted octanol–water partition coefficient (Wildman–Crippen LogP) is 6.48. The van der Waals surface area contributed by atoms with Crippen molar-refractivity contribution < 1.29 is 13.9 Å². The van der Waals surface area contributed by atoms with E-state index < -0.39 is 11.9 Å². The number of benzene rings is 3. The molecule has 0 aliphatic carbocycles. The van der Waals surface area contributed by atoms with E-state index in [1.807, 2.05) is 67.6 Å². The highest BCUT2D eigenvalue weighted by atomic mass is 32.1. The lowest BCUT2D eigenvalue weighted by molar-refractivity contribution is 0.0970. The lowest BCUT2D eigenvalue weighted by Gasteiger charge is -2.22. The van der Waals surface area contributed by atoms with Gasteiger partial charge in [0.05, 0.1) is 17.0 Å². The van der Waals surface area contributed by atoms with Crippen LogP contribution in [0, 0.1) is 12.8 Å². The zero-order valence-corrected chi connectivity index (χ0v) is 22.7. The Morgan fingerprint density at radius 1 is 1.00 bits per heavy atom. The number of anilines is 1. The molecule has 1 atom stereocenters. The molecule has 5 aromatic rings. The van der Waals surface area contributed by atoms with Gasteiger partial charge in [0.15, 0.2) is 5.43 Å². The number of hydrogen-bond acceptors (Lipinski definition) is 7. The highest BCUT2D eigenvalue weighted by Crippen LogP contribution is 2.43. The van der Waals surface area contributed by atoms with Crippen LogP contribution in [0.4, 0.5) is 5.13 Å². The summed E-state index contributed by atoms with van der Waals surface area (Å²) >= 11 is 1.36. The van der Waals surface area contributed by atoms with E-state index in [0.717, 1.165) is 28.1 Å². The molecule has 0 radical (unpaired) electrons. The molecule has 3 heterocycles. The van der Waals surface area contributed by atoms with Crippen LogP contribution >= 0.6 is 11.3 Å². The number of carbonyl (C=O) groups excluding carboxylic acids is 1. The number of ether oxygens (including phenoxy) is 1. The summed E-state index contributed by atoms with van der Waals surface area (Å²) in [4.78, 5) is 29.3. The normalized spacial score (nSPS) is 14.8. The van der Waals surface area contributed by atoms with Crippen LogP contribution in [0.25, 0.3) is 11.0 Å². The second-order valence-electron chi connectivity index (χ2n) is 10.2. The maximum Gasteiger partial charge on any atom is 0.297 e. The second-order valence-corrected chi connectivity index (χ2v) is 11.2. The van der Waals surface area contributed by atoms with Crippen LogP contribution in [0.5, 0.6) is 5.75 Å². The van der Waals surface area contributed by atoms with Crippen molar-refractivity contribution in [2.45, 2.75) is 39.8 Å². The van der Waals surface area contributed by atoms with Gasteiger partial charge in [0.25, 0.3) is 5.91 Å². The molecule has 3 aromatic carbocycles. The monoisotopic (exact) mass is 537 g/mol. The number of aromatic nitrogens is 2. The van der Waals surface area contributed by atoms with E-state index in [-0.39, 0.29) is 11.2 Å². The van der Waals surface area contributed by atoms with Crippen LogP contribution in [0.1, 0.15) is 57.7 Å². The first kappa shape index (κ1) is 25.0. The molecule has 0 spiro atoms. The quantitative estimate of drug-likeness (QED) is 0.236. The first-order chi connectivity index (χ1) is 18.9. The van der Waals surface area contributed by atoms with Gasteiger partial charge in [-0.3, -0.25) is 14.5 Å². The Morgan fingerprint density at radius 3 is 2.62 bits per heavy atom. The SMILES string of the molecule is Cc1ccc2oc3c(c(=O)c2c1)C(c1cccc(OCc2ccccc2)c1)N(c1nnc(CC(C)C)s1)C3=O. The highest BCUT2D eigenvalue weighted by Gasteiger charge is 2.45. The number of amides is 1. The third-order valence-electron chi connectivity index (χ3n) is 6.69. The van der Waals surface area contributed by atoms with Crippen LogP contribution in [0.15, 0.2) is 82.0 Å². The number of nitrogens with zero attached hydrogens (tertiary/aromatic N) is 3. The summed E-state index contributed by atoms with van der Waals surface area (Å²) in [6.07, 6.45) is 0.750. The summed E-state index contributed by atoms with van der Waals surface area (Å²) in [5.41, 5.74) is 3.17. The average Bonchev–Trinajstić information content (AvgIpc) is 3.50. The van der Waals surface area contributed by atoms with Crippen molar-refractivity contribution in [3.63, 3.8) is 0 Å². The Hall–Kier alpha value is -4.30. The standard InChI is InChI=1S/C31H27N3O4S/c1-18(2)14-25-32-33-31(39-25)34-27(21-10-7-11-22(16-21)37-17-20-8-5-4-6-9-20)26-28(35)23-15-19(3)12-13-24(23)38-29(26)30(34)36/h4-13,15-16,18,27H,14,17H2,1-3H3. The maximum atomic E-state index is 13.9. The fourth-order valence-corrected chi connectivity index (χ4v) is 5.97. The number of carbonyl (C=O) groups is 1. The minimum Gasteiger partial charge on any atom is -0.489 e.